The molecule has 0 bridgehead atoms. The first-order valence-electron chi connectivity index (χ1n) is 6.98. The van der Waals surface area contributed by atoms with Gasteiger partial charge in [0.1, 0.15) is 12.4 Å². The normalized spacial score (nSPS) is 9.95. The van der Waals surface area contributed by atoms with Crippen molar-refractivity contribution >= 4 is 11.6 Å². The van der Waals surface area contributed by atoms with E-state index in [0.29, 0.717) is 30.2 Å². The van der Waals surface area contributed by atoms with E-state index in [0.717, 1.165) is 12.8 Å². The van der Waals surface area contributed by atoms with Crippen LogP contribution in [0.3, 0.4) is 0 Å². The smallest absolute Gasteiger partial charge is 0.255 e. The van der Waals surface area contributed by atoms with Gasteiger partial charge in [-0.15, -0.1) is 0 Å². The number of amides is 1. The van der Waals surface area contributed by atoms with Crippen LogP contribution in [-0.2, 0) is 0 Å². The number of benzene rings is 1. The van der Waals surface area contributed by atoms with Gasteiger partial charge in [0.25, 0.3) is 5.91 Å². The average Bonchev–Trinajstić information content (AvgIpc) is 2.40. The van der Waals surface area contributed by atoms with Gasteiger partial charge in [0.05, 0.1) is 5.56 Å². The number of ether oxygens (including phenoxy) is 1. The van der Waals surface area contributed by atoms with Crippen molar-refractivity contribution in [2.75, 3.05) is 18.9 Å². The van der Waals surface area contributed by atoms with Crippen LogP contribution in [0.25, 0.3) is 0 Å². The zero-order valence-electron chi connectivity index (χ0n) is 12.5. The third-order valence-electron chi connectivity index (χ3n) is 2.79. The molecule has 1 aromatic carbocycles. The number of nitrogens with two attached hydrogens (primary N) is 1. The highest BCUT2D eigenvalue weighted by molar-refractivity contribution is 5.97. The maximum Gasteiger partial charge on any atom is 0.255 e. The van der Waals surface area contributed by atoms with Crippen molar-refractivity contribution in [3.8, 4) is 5.75 Å². The topological polar surface area (TPSA) is 64.4 Å². The Morgan fingerprint density at radius 2 is 2.15 bits per heavy atom. The second kappa shape index (κ2) is 8.25. The Hall–Kier alpha value is -1.97. The fourth-order valence-corrected chi connectivity index (χ4v) is 1.62. The van der Waals surface area contributed by atoms with Crippen LogP contribution in [-0.4, -0.2) is 19.1 Å². The lowest BCUT2D eigenvalue weighted by molar-refractivity contribution is 0.0949. The van der Waals surface area contributed by atoms with Crippen molar-refractivity contribution in [2.45, 2.75) is 33.6 Å². The molecule has 1 amide bonds. The van der Waals surface area contributed by atoms with E-state index in [2.05, 4.69) is 12.2 Å². The lowest BCUT2D eigenvalue weighted by Crippen LogP contribution is -2.25. The summed E-state index contributed by atoms with van der Waals surface area (Å²) < 4.78 is 5.64. The first kappa shape index (κ1) is 16.1. The van der Waals surface area contributed by atoms with Crippen LogP contribution in [0.2, 0.25) is 0 Å². The highest BCUT2D eigenvalue weighted by Gasteiger charge is 2.12. The number of unbranched alkanes of at least 4 members (excludes halogenated alkanes) is 1. The van der Waals surface area contributed by atoms with E-state index in [-0.39, 0.29) is 5.91 Å². The zero-order valence-corrected chi connectivity index (χ0v) is 12.5. The summed E-state index contributed by atoms with van der Waals surface area (Å²) in [6.07, 6.45) is 3.97. The Balaban J connectivity index is 2.78. The Morgan fingerprint density at radius 1 is 1.40 bits per heavy atom. The summed E-state index contributed by atoms with van der Waals surface area (Å²) in [4.78, 5) is 12.1. The number of hydrogen-bond acceptors (Lipinski definition) is 3. The molecule has 0 atom stereocenters. The molecule has 1 rings (SSSR count). The first-order chi connectivity index (χ1) is 9.54. The largest absolute Gasteiger partial charge is 0.489 e. The monoisotopic (exact) mass is 276 g/mol. The van der Waals surface area contributed by atoms with Crippen molar-refractivity contribution in [2.24, 2.45) is 0 Å². The minimum Gasteiger partial charge on any atom is -0.489 e. The van der Waals surface area contributed by atoms with Gasteiger partial charge in [0, 0.05) is 12.2 Å². The van der Waals surface area contributed by atoms with Crippen molar-refractivity contribution in [3.05, 3.63) is 35.4 Å². The lowest BCUT2D eigenvalue weighted by Gasteiger charge is -2.11. The molecule has 0 saturated carbocycles. The Morgan fingerprint density at radius 3 is 2.80 bits per heavy atom. The summed E-state index contributed by atoms with van der Waals surface area (Å²) >= 11 is 0. The van der Waals surface area contributed by atoms with Crippen LogP contribution < -0.4 is 15.8 Å². The average molecular weight is 276 g/mol. The number of allylic oxidation sites excluding steroid dienone is 1. The highest BCUT2D eigenvalue weighted by Crippen LogP contribution is 2.21. The van der Waals surface area contributed by atoms with Gasteiger partial charge >= 0.3 is 0 Å². The van der Waals surface area contributed by atoms with E-state index in [1.165, 1.54) is 5.57 Å². The molecular formula is C16H24N2O2. The molecule has 0 heterocycles. The lowest BCUT2D eigenvalue weighted by atomic mass is 10.1. The van der Waals surface area contributed by atoms with E-state index in [4.69, 9.17) is 10.5 Å². The summed E-state index contributed by atoms with van der Waals surface area (Å²) in [5.41, 5.74) is 7.97. The van der Waals surface area contributed by atoms with Gasteiger partial charge in [-0.25, -0.2) is 0 Å². The van der Waals surface area contributed by atoms with E-state index in [1.54, 1.807) is 18.2 Å². The highest BCUT2D eigenvalue weighted by atomic mass is 16.5. The van der Waals surface area contributed by atoms with E-state index in [9.17, 15) is 4.79 Å². The fraction of sp³-hybridized carbons (Fsp3) is 0.438. The number of nitrogen functional groups attached to an aromatic ring is 1. The Labute approximate surface area is 121 Å². The Bertz CT molecular complexity index is 477. The molecule has 0 aromatic heterocycles. The fourth-order valence-electron chi connectivity index (χ4n) is 1.62. The van der Waals surface area contributed by atoms with Gasteiger partial charge in [-0.1, -0.05) is 18.9 Å². The number of hydrogen-bond donors (Lipinski definition) is 2. The molecule has 4 heteroatoms. The molecule has 0 aliphatic heterocycles. The summed E-state index contributed by atoms with van der Waals surface area (Å²) in [6, 6.07) is 5.13. The van der Waals surface area contributed by atoms with Gasteiger partial charge in [-0.05, 0) is 44.5 Å². The van der Waals surface area contributed by atoms with Crippen molar-refractivity contribution in [1.82, 2.24) is 5.32 Å². The number of rotatable bonds is 7. The van der Waals surface area contributed by atoms with Crippen molar-refractivity contribution in [1.29, 1.82) is 0 Å². The molecule has 110 valence electrons. The van der Waals surface area contributed by atoms with Crippen LogP contribution in [0.4, 0.5) is 5.69 Å². The molecule has 0 radical (unpaired) electrons. The molecule has 4 nitrogen and oxygen atoms in total. The van der Waals surface area contributed by atoms with Gasteiger partial charge < -0.3 is 15.8 Å². The molecular weight excluding hydrogens is 252 g/mol. The third kappa shape index (κ3) is 5.34. The molecule has 0 aliphatic rings. The van der Waals surface area contributed by atoms with Gasteiger partial charge in [-0.2, -0.15) is 0 Å². The maximum absolute atomic E-state index is 12.1. The second-order valence-corrected chi connectivity index (χ2v) is 4.96. The Kier molecular flexibility index (Phi) is 6.64. The SMILES string of the molecule is CCCCNC(=O)c1cc(N)ccc1OCC=C(C)C. The van der Waals surface area contributed by atoms with Crippen LogP contribution in [0.1, 0.15) is 44.0 Å². The standard InChI is InChI=1S/C16H24N2O2/c1-4-5-9-18-16(19)14-11-13(17)6-7-15(14)20-10-8-12(2)3/h6-8,11H,4-5,9-10,17H2,1-3H3,(H,18,19). The predicted octanol–water partition coefficient (Wildman–Crippen LogP) is 3.14. The van der Waals surface area contributed by atoms with Crippen LogP contribution in [0, 0.1) is 0 Å². The number of carbonyl (C=O) groups is 1. The molecule has 0 aliphatic carbocycles. The third-order valence-corrected chi connectivity index (χ3v) is 2.79. The van der Waals surface area contributed by atoms with E-state index < -0.39 is 0 Å². The summed E-state index contributed by atoms with van der Waals surface area (Å²) in [7, 11) is 0. The van der Waals surface area contributed by atoms with Gasteiger partial charge in [0.2, 0.25) is 0 Å². The molecule has 3 N–H and O–H groups in total. The molecule has 0 spiro atoms. The minimum absolute atomic E-state index is 0.141. The summed E-state index contributed by atoms with van der Waals surface area (Å²) in [5.74, 6) is 0.420. The molecule has 0 fully saturated rings. The van der Waals surface area contributed by atoms with E-state index in [1.807, 2.05) is 19.9 Å². The van der Waals surface area contributed by atoms with Crippen LogP contribution >= 0.6 is 0 Å². The van der Waals surface area contributed by atoms with Gasteiger partial charge in [-0.3, -0.25) is 4.79 Å². The molecule has 20 heavy (non-hydrogen) atoms. The minimum atomic E-state index is -0.141. The summed E-state index contributed by atoms with van der Waals surface area (Å²) in [5, 5.41) is 2.88. The maximum atomic E-state index is 12.1. The first-order valence-corrected chi connectivity index (χ1v) is 6.98. The second-order valence-electron chi connectivity index (χ2n) is 4.96. The predicted molar refractivity (Wildman–Crippen MR) is 83.0 cm³/mol. The quantitative estimate of drug-likeness (QED) is 0.457. The van der Waals surface area contributed by atoms with Crippen molar-refractivity contribution in [3.63, 3.8) is 0 Å². The zero-order chi connectivity index (χ0) is 15.0. The van der Waals surface area contributed by atoms with Gasteiger partial charge in [0.15, 0.2) is 0 Å². The molecule has 0 unspecified atom stereocenters. The number of nitrogens with one attached hydrogen (secondary N) is 1. The summed E-state index contributed by atoms with van der Waals surface area (Å²) in [6.45, 7) is 7.20. The molecule has 1 aromatic rings. The number of anilines is 1. The molecule has 0 saturated heterocycles. The number of carbonyl (C=O) groups excluding carboxylic acids is 1. The van der Waals surface area contributed by atoms with E-state index >= 15 is 0 Å². The van der Waals surface area contributed by atoms with Crippen molar-refractivity contribution < 1.29 is 9.53 Å². The van der Waals surface area contributed by atoms with Crippen LogP contribution in [0.5, 0.6) is 5.75 Å². The van der Waals surface area contributed by atoms with Crippen LogP contribution in [0.15, 0.2) is 29.8 Å².